The molecule has 0 aromatic heterocycles. The summed E-state index contributed by atoms with van der Waals surface area (Å²) >= 11 is 0. The molecule has 0 bridgehead atoms. The Kier molecular flexibility index (Phi) is 6.92. The van der Waals surface area contributed by atoms with Gasteiger partial charge in [0.15, 0.2) is 0 Å². The van der Waals surface area contributed by atoms with Gasteiger partial charge in [-0.3, -0.25) is 0 Å². The van der Waals surface area contributed by atoms with E-state index in [1.165, 1.54) is 6.07 Å². The maximum absolute atomic E-state index is 11.4. The van der Waals surface area contributed by atoms with E-state index in [0.717, 1.165) is 37.0 Å². The number of nitrogens with two attached hydrogens (primary N) is 1. The molecule has 0 aliphatic rings. The minimum absolute atomic E-state index is 0.129. The fourth-order valence-corrected chi connectivity index (χ4v) is 2.58. The molecule has 0 spiro atoms. The third-order valence-corrected chi connectivity index (χ3v) is 4.15. The topological polar surface area (TPSA) is 69.4 Å². The molecule has 0 saturated heterocycles. The number of sulfonamides is 1. The molecule has 1 rings (SSSR count). The lowest BCUT2D eigenvalue weighted by molar-refractivity contribution is 0.301. The summed E-state index contributed by atoms with van der Waals surface area (Å²) in [6.07, 6.45) is 6.14. The molecule has 5 heteroatoms. The van der Waals surface area contributed by atoms with Gasteiger partial charge in [0.25, 0.3) is 0 Å². The van der Waals surface area contributed by atoms with Crippen LogP contribution >= 0.6 is 0 Å². The fraction of sp³-hybridized carbons (Fsp3) is 0.500. The second kappa shape index (κ2) is 8.20. The van der Waals surface area contributed by atoms with Crippen LogP contribution < -0.4 is 9.88 Å². The van der Waals surface area contributed by atoms with Crippen LogP contribution in [0.25, 0.3) is 0 Å². The molecule has 118 valence electrons. The van der Waals surface area contributed by atoms with Gasteiger partial charge in [-0.25, -0.2) is 13.6 Å². The van der Waals surface area contributed by atoms with E-state index < -0.39 is 10.0 Å². The van der Waals surface area contributed by atoms with E-state index in [2.05, 4.69) is 6.58 Å². The Balaban J connectivity index is 2.71. The number of unbranched alkanes of at least 4 members (excludes halogenated alkanes) is 3. The Hall–Kier alpha value is -1.33. The predicted molar refractivity (Wildman–Crippen MR) is 86.1 cm³/mol. The van der Waals surface area contributed by atoms with Gasteiger partial charge in [0, 0.05) is 0 Å². The van der Waals surface area contributed by atoms with Crippen LogP contribution in [0.1, 0.15) is 51.0 Å². The summed E-state index contributed by atoms with van der Waals surface area (Å²) in [4.78, 5) is 0.129. The summed E-state index contributed by atoms with van der Waals surface area (Å²) in [6.45, 7) is 8.32. The van der Waals surface area contributed by atoms with Crippen LogP contribution in [-0.2, 0) is 10.0 Å². The molecule has 0 radical (unpaired) electrons. The molecule has 1 aromatic rings. The molecule has 0 aliphatic heterocycles. The van der Waals surface area contributed by atoms with Gasteiger partial charge in [0.2, 0.25) is 10.0 Å². The highest BCUT2D eigenvalue weighted by Crippen LogP contribution is 2.29. The number of allylic oxidation sites excluding steroid dienone is 1. The smallest absolute Gasteiger partial charge is 0.238 e. The molecule has 1 aromatic carbocycles. The Morgan fingerprint density at radius 1 is 1.29 bits per heavy atom. The average Bonchev–Trinajstić information content (AvgIpc) is 2.41. The van der Waals surface area contributed by atoms with Crippen LogP contribution in [0.3, 0.4) is 0 Å². The van der Waals surface area contributed by atoms with Crippen molar-refractivity contribution >= 4 is 10.0 Å². The van der Waals surface area contributed by atoms with Gasteiger partial charge in [0.1, 0.15) is 5.75 Å². The van der Waals surface area contributed by atoms with Crippen molar-refractivity contribution in [3.05, 3.63) is 36.4 Å². The van der Waals surface area contributed by atoms with Crippen molar-refractivity contribution in [2.45, 2.75) is 50.3 Å². The number of rotatable bonds is 9. The highest BCUT2D eigenvalue weighted by molar-refractivity contribution is 7.89. The van der Waals surface area contributed by atoms with E-state index in [9.17, 15) is 8.42 Å². The van der Waals surface area contributed by atoms with E-state index >= 15 is 0 Å². The van der Waals surface area contributed by atoms with Crippen LogP contribution in [0.15, 0.2) is 35.7 Å². The molecule has 0 atom stereocenters. The van der Waals surface area contributed by atoms with Crippen LogP contribution in [0.5, 0.6) is 5.75 Å². The number of hydrogen-bond acceptors (Lipinski definition) is 3. The molecular weight excluding hydrogens is 286 g/mol. The lowest BCUT2D eigenvalue weighted by atomic mass is 10.0. The molecule has 2 N–H and O–H groups in total. The zero-order valence-corrected chi connectivity index (χ0v) is 13.7. The van der Waals surface area contributed by atoms with Crippen molar-refractivity contribution in [2.75, 3.05) is 6.61 Å². The first-order valence-electron chi connectivity index (χ1n) is 7.26. The minimum Gasteiger partial charge on any atom is -0.493 e. The van der Waals surface area contributed by atoms with Crippen molar-refractivity contribution < 1.29 is 13.2 Å². The van der Waals surface area contributed by atoms with Crippen LogP contribution in [0.4, 0.5) is 0 Å². The van der Waals surface area contributed by atoms with Crippen molar-refractivity contribution in [3.63, 3.8) is 0 Å². The van der Waals surface area contributed by atoms with Crippen molar-refractivity contribution in [3.8, 4) is 5.75 Å². The first kappa shape index (κ1) is 17.7. The first-order valence-corrected chi connectivity index (χ1v) is 8.81. The Labute approximate surface area is 128 Å². The molecule has 0 heterocycles. The standard InChI is InChI=1S/C16H25NO3S/c1-4-5-6-7-8-11-20-16-10-9-14(21(17,18)19)12-15(16)13(2)3/h4,9-10,12-13H,1,5-8,11H2,2-3H3,(H2,17,18,19). The molecular formula is C16H25NO3S. The summed E-state index contributed by atoms with van der Waals surface area (Å²) in [5, 5.41) is 5.17. The second-order valence-electron chi connectivity index (χ2n) is 5.39. The number of primary sulfonamides is 1. The van der Waals surface area contributed by atoms with Crippen LogP contribution in [0.2, 0.25) is 0 Å². The predicted octanol–water partition coefficient (Wildman–Crippen LogP) is 3.58. The third-order valence-electron chi connectivity index (χ3n) is 3.24. The maximum Gasteiger partial charge on any atom is 0.238 e. The van der Waals surface area contributed by atoms with Crippen LogP contribution in [-0.4, -0.2) is 15.0 Å². The SMILES string of the molecule is C=CCCCCCOc1ccc(S(N)(=O)=O)cc1C(C)C. The lowest BCUT2D eigenvalue weighted by Crippen LogP contribution is -2.13. The number of benzene rings is 1. The van der Waals surface area contributed by atoms with E-state index in [0.29, 0.717) is 6.61 Å². The quantitative estimate of drug-likeness (QED) is 0.560. The molecule has 0 saturated carbocycles. The molecule has 0 amide bonds. The van der Waals surface area contributed by atoms with Gasteiger partial charge in [-0.05, 0) is 55.4 Å². The van der Waals surface area contributed by atoms with Gasteiger partial charge in [0.05, 0.1) is 11.5 Å². The second-order valence-corrected chi connectivity index (χ2v) is 6.95. The molecule has 0 fully saturated rings. The maximum atomic E-state index is 11.4. The summed E-state index contributed by atoms with van der Waals surface area (Å²) in [6, 6.07) is 4.79. The summed E-state index contributed by atoms with van der Waals surface area (Å²) in [5.41, 5.74) is 0.868. The zero-order chi connectivity index (χ0) is 15.9. The van der Waals surface area contributed by atoms with E-state index in [4.69, 9.17) is 9.88 Å². The normalized spacial score (nSPS) is 11.6. The Morgan fingerprint density at radius 2 is 2.00 bits per heavy atom. The van der Waals surface area contributed by atoms with E-state index in [1.807, 2.05) is 19.9 Å². The summed E-state index contributed by atoms with van der Waals surface area (Å²) in [7, 11) is -3.68. The molecule has 21 heavy (non-hydrogen) atoms. The largest absolute Gasteiger partial charge is 0.493 e. The lowest BCUT2D eigenvalue weighted by Gasteiger charge is -2.15. The van der Waals surface area contributed by atoms with Gasteiger partial charge < -0.3 is 4.74 Å². The molecule has 4 nitrogen and oxygen atoms in total. The van der Waals surface area contributed by atoms with E-state index in [1.54, 1.807) is 12.1 Å². The highest BCUT2D eigenvalue weighted by atomic mass is 32.2. The van der Waals surface area contributed by atoms with Gasteiger partial charge in [-0.1, -0.05) is 19.9 Å². The van der Waals surface area contributed by atoms with Crippen molar-refractivity contribution in [2.24, 2.45) is 5.14 Å². The monoisotopic (exact) mass is 311 g/mol. The third kappa shape index (κ3) is 5.89. The molecule has 0 aliphatic carbocycles. The Bertz CT molecular complexity index is 565. The number of ether oxygens (including phenoxy) is 1. The first-order chi connectivity index (χ1) is 9.86. The van der Waals surface area contributed by atoms with E-state index in [-0.39, 0.29) is 10.8 Å². The zero-order valence-electron chi connectivity index (χ0n) is 12.8. The van der Waals surface area contributed by atoms with Gasteiger partial charge >= 0.3 is 0 Å². The number of hydrogen-bond donors (Lipinski definition) is 1. The molecule has 0 unspecified atom stereocenters. The van der Waals surface area contributed by atoms with Gasteiger partial charge in [-0.15, -0.1) is 6.58 Å². The summed E-state index contributed by atoms with van der Waals surface area (Å²) in [5.74, 6) is 0.906. The van der Waals surface area contributed by atoms with Crippen molar-refractivity contribution in [1.82, 2.24) is 0 Å². The summed E-state index contributed by atoms with van der Waals surface area (Å²) < 4.78 is 28.6. The average molecular weight is 311 g/mol. The van der Waals surface area contributed by atoms with Gasteiger partial charge in [-0.2, -0.15) is 0 Å². The van der Waals surface area contributed by atoms with Crippen LogP contribution in [0, 0.1) is 0 Å². The fourth-order valence-electron chi connectivity index (χ4n) is 2.04. The highest BCUT2D eigenvalue weighted by Gasteiger charge is 2.14. The Morgan fingerprint density at radius 3 is 2.57 bits per heavy atom. The van der Waals surface area contributed by atoms with Crippen molar-refractivity contribution in [1.29, 1.82) is 0 Å². The minimum atomic E-state index is -3.68.